The number of hydrogen-bond acceptors (Lipinski definition) is 2. The summed E-state index contributed by atoms with van der Waals surface area (Å²) >= 11 is 4.27. The zero-order valence-corrected chi connectivity index (χ0v) is 14.0. The van der Waals surface area contributed by atoms with Crippen molar-refractivity contribution in [2.24, 2.45) is 0 Å². The zero-order valence-electron chi connectivity index (χ0n) is 11.0. The lowest BCUT2D eigenvalue weighted by atomic mass is 9.93. The molecule has 1 N–H and O–H groups in total. The molecule has 0 saturated carbocycles. The fourth-order valence-electron chi connectivity index (χ4n) is 2.81. The van der Waals surface area contributed by atoms with Gasteiger partial charge in [-0.05, 0) is 83.5 Å². The number of rotatable bonds is 3. The van der Waals surface area contributed by atoms with E-state index in [2.05, 4.69) is 70.5 Å². The highest BCUT2D eigenvalue weighted by molar-refractivity contribution is 14.1. The van der Waals surface area contributed by atoms with Gasteiger partial charge in [-0.25, -0.2) is 0 Å². The molecule has 3 rings (SSSR count). The lowest BCUT2D eigenvalue weighted by Gasteiger charge is -2.27. The van der Waals surface area contributed by atoms with E-state index < -0.39 is 0 Å². The molecule has 0 saturated heterocycles. The molecule has 0 fully saturated rings. The van der Waals surface area contributed by atoms with E-state index in [1.54, 1.807) is 4.88 Å². The molecule has 0 aliphatic heterocycles. The van der Waals surface area contributed by atoms with E-state index in [0.29, 0.717) is 12.1 Å². The highest BCUT2D eigenvalue weighted by Crippen LogP contribution is 2.34. The van der Waals surface area contributed by atoms with Crippen LogP contribution in [0.2, 0.25) is 0 Å². The maximum Gasteiger partial charge on any atom is 0.0336 e. The van der Waals surface area contributed by atoms with Crippen molar-refractivity contribution in [2.45, 2.75) is 38.3 Å². The average molecular weight is 383 g/mol. The second-order valence-corrected chi connectivity index (χ2v) is 7.43. The molecule has 1 aliphatic carbocycles. The van der Waals surface area contributed by atoms with Gasteiger partial charge < -0.3 is 5.32 Å². The van der Waals surface area contributed by atoms with Crippen LogP contribution in [-0.4, -0.2) is 0 Å². The van der Waals surface area contributed by atoms with Crippen molar-refractivity contribution in [3.05, 3.63) is 55.3 Å². The number of thiophene rings is 1. The summed E-state index contributed by atoms with van der Waals surface area (Å²) < 4.78 is 1.30. The van der Waals surface area contributed by atoms with E-state index >= 15 is 0 Å². The minimum atomic E-state index is 0.410. The fourth-order valence-corrected chi connectivity index (χ4v) is 4.16. The van der Waals surface area contributed by atoms with Gasteiger partial charge in [0.25, 0.3) is 0 Å². The first kappa shape index (κ1) is 13.6. The van der Waals surface area contributed by atoms with Crippen LogP contribution in [0.1, 0.15) is 47.9 Å². The monoisotopic (exact) mass is 383 g/mol. The molecule has 0 spiro atoms. The molecule has 1 aromatic heterocycles. The molecule has 2 atom stereocenters. The highest BCUT2D eigenvalue weighted by atomic mass is 127. The molecule has 1 heterocycles. The topological polar surface area (TPSA) is 12.0 Å². The molecular formula is C16H18INS. The van der Waals surface area contributed by atoms with E-state index in [4.69, 9.17) is 0 Å². The largest absolute Gasteiger partial charge is 0.303 e. The van der Waals surface area contributed by atoms with Gasteiger partial charge in [0.1, 0.15) is 0 Å². The second kappa shape index (κ2) is 5.94. The summed E-state index contributed by atoms with van der Waals surface area (Å²) in [5, 5.41) is 6.04. The van der Waals surface area contributed by atoms with E-state index in [1.165, 1.54) is 34.0 Å². The third-order valence-electron chi connectivity index (χ3n) is 3.87. The van der Waals surface area contributed by atoms with Gasteiger partial charge in [-0.3, -0.25) is 0 Å². The minimum Gasteiger partial charge on any atom is -0.303 e. The van der Waals surface area contributed by atoms with E-state index in [0.717, 1.165) is 0 Å². The van der Waals surface area contributed by atoms with Crippen LogP contribution in [-0.2, 0) is 6.42 Å². The Labute approximate surface area is 132 Å². The first-order valence-corrected chi connectivity index (χ1v) is 8.77. The highest BCUT2D eigenvalue weighted by Gasteiger charge is 2.22. The van der Waals surface area contributed by atoms with Crippen molar-refractivity contribution in [1.29, 1.82) is 0 Å². The summed E-state index contributed by atoms with van der Waals surface area (Å²) in [4.78, 5) is 1.58. The van der Waals surface area contributed by atoms with Gasteiger partial charge in [0.2, 0.25) is 0 Å². The Morgan fingerprint density at radius 2 is 2.05 bits per heavy atom. The smallest absolute Gasteiger partial charge is 0.0336 e. The maximum absolute atomic E-state index is 3.80. The fraction of sp³-hybridized carbons (Fsp3) is 0.375. The normalized spacial score (nSPS) is 20.0. The Kier molecular flexibility index (Phi) is 4.24. The van der Waals surface area contributed by atoms with E-state index in [-0.39, 0.29) is 0 Å². The van der Waals surface area contributed by atoms with E-state index in [1.807, 2.05) is 11.3 Å². The van der Waals surface area contributed by atoms with Crippen LogP contribution >= 0.6 is 33.9 Å². The van der Waals surface area contributed by atoms with Crippen molar-refractivity contribution in [2.75, 3.05) is 0 Å². The molecule has 1 aliphatic rings. The molecule has 0 amide bonds. The Morgan fingerprint density at radius 1 is 1.26 bits per heavy atom. The molecular weight excluding hydrogens is 365 g/mol. The average Bonchev–Trinajstić information content (AvgIpc) is 2.89. The van der Waals surface area contributed by atoms with Gasteiger partial charge >= 0.3 is 0 Å². The third kappa shape index (κ3) is 3.03. The number of aryl methyl sites for hydroxylation is 1. The van der Waals surface area contributed by atoms with Gasteiger partial charge in [0.15, 0.2) is 0 Å². The Morgan fingerprint density at radius 3 is 2.84 bits per heavy atom. The number of hydrogen-bond donors (Lipinski definition) is 1. The van der Waals surface area contributed by atoms with Crippen molar-refractivity contribution in [3.63, 3.8) is 0 Å². The van der Waals surface area contributed by atoms with Crippen LogP contribution in [0.25, 0.3) is 0 Å². The van der Waals surface area contributed by atoms with Crippen LogP contribution in [0.5, 0.6) is 0 Å². The molecule has 100 valence electrons. The zero-order chi connectivity index (χ0) is 13.2. The molecule has 2 unspecified atom stereocenters. The summed E-state index contributed by atoms with van der Waals surface area (Å²) in [6.45, 7) is 2.27. The Hall–Kier alpha value is -0.390. The third-order valence-corrected chi connectivity index (χ3v) is 5.59. The summed E-state index contributed by atoms with van der Waals surface area (Å²) in [6.07, 6.45) is 3.84. The summed E-state index contributed by atoms with van der Waals surface area (Å²) in [6, 6.07) is 12.1. The molecule has 0 radical (unpaired) electrons. The van der Waals surface area contributed by atoms with Crippen molar-refractivity contribution < 1.29 is 0 Å². The van der Waals surface area contributed by atoms with Gasteiger partial charge in [0.05, 0.1) is 0 Å². The Bertz CT molecular complexity index is 546. The Balaban J connectivity index is 1.74. The number of nitrogens with one attached hydrogen (secondary N) is 1. The standard InChI is InChI=1S/C16H18INS/c1-11(12-5-7-13(17)8-6-12)18-15-3-2-4-16-14(15)9-10-19-16/h5-11,15,18H,2-4H2,1H3. The quantitative estimate of drug-likeness (QED) is 0.729. The lowest BCUT2D eigenvalue weighted by molar-refractivity contribution is 0.418. The predicted molar refractivity (Wildman–Crippen MR) is 90.7 cm³/mol. The van der Waals surface area contributed by atoms with Crippen LogP contribution < -0.4 is 5.32 Å². The molecule has 1 aromatic carbocycles. The van der Waals surface area contributed by atoms with Crippen LogP contribution in [0, 0.1) is 3.57 Å². The molecule has 1 nitrogen and oxygen atoms in total. The van der Waals surface area contributed by atoms with Crippen molar-refractivity contribution in [1.82, 2.24) is 5.32 Å². The molecule has 2 aromatic rings. The molecule has 19 heavy (non-hydrogen) atoms. The first-order valence-electron chi connectivity index (χ1n) is 6.82. The van der Waals surface area contributed by atoms with Crippen LogP contribution in [0.15, 0.2) is 35.7 Å². The number of fused-ring (bicyclic) bond motifs is 1. The van der Waals surface area contributed by atoms with Crippen LogP contribution in [0.3, 0.4) is 0 Å². The summed E-state index contributed by atoms with van der Waals surface area (Å²) in [5.41, 5.74) is 2.91. The molecule has 0 bridgehead atoms. The lowest BCUT2D eigenvalue weighted by Crippen LogP contribution is -2.27. The van der Waals surface area contributed by atoms with Crippen LogP contribution in [0.4, 0.5) is 0 Å². The van der Waals surface area contributed by atoms with Crippen molar-refractivity contribution in [3.8, 4) is 0 Å². The number of benzene rings is 1. The predicted octanol–water partition coefficient (Wildman–Crippen LogP) is 5.08. The molecule has 3 heteroatoms. The van der Waals surface area contributed by atoms with Gasteiger partial charge in [-0.1, -0.05) is 12.1 Å². The van der Waals surface area contributed by atoms with Gasteiger partial charge in [-0.2, -0.15) is 0 Å². The van der Waals surface area contributed by atoms with E-state index in [9.17, 15) is 0 Å². The van der Waals surface area contributed by atoms with Gasteiger partial charge in [0, 0.05) is 20.5 Å². The van der Waals surface area contributed by atoms with Crippen molar-refractivity contribution >= 4 is 33.9 Å². The summed E-state index contributed by atoms with van der Waals surface area (Å²) in [7, 11) is 0. The maximum atomic E-state index is 3.80. The SMILES string of the molecule is CC(NC1CCCc2sccc21)c1ccc(I)cc1. The minimum absolute atomic E-state index is 0.410. The van der Waals surface area contributed by atoms with Gasteiger partial charge in [-0.15, -0.1) is 11.3 Å². The number of halogens is 1. The summed E-state index contributed by atoms with van der Waals surface area (Å²) in [5.74, 6) is 0. The second-order valence-electron chi connectivity index (χ2n) is 5.18. The first-order chi connectivity index (χ1) is 9.24.